The van der Waals surface area contributed by atoms with Gasteiger partial charge in [-0.05, 0) is 0 Å². The maximum Gasteiger partial charge on any atom is 0.180 e. The fraction of sp³-hybridized carbons (Fsp3) is 0.167. The van der Waals surface area contributed by atoms with Gasteiger partial charge in [-0.25, -0.2) is 4.57 Å². The van der Waals surface area contributed by atoms with Crippen molar-refractivity contribution in [3.05, 3.63) is 24.5 Å². The van der Waals surface area contributed by atoms with E-state index in [4.69, 9.17) is 0 Å². The fourth-order valence-corrected chi connectivity index (χ4v) is 0.543. The molecule has 0 aliphatic rings. The topological polar surface area (TPSA) is 33.0 Å². The van der Waals surface area contributed by atoms with Crippen molar-refractivity contribution in [2.45, 2.75) is 0 Å². The average Bonchev–Trinajstić information content (AvgIpc) is 1.90. The lowest BCUT2D eigenvalue weighted by Crippen LogP contribution is -2.25. The lowest BCUT2D eigenvalue weighted by Gasteiger charge is -1.88. The van der Waals surface area contributed by atoms with Crippen molar-refractivity contribution in [2.24, 2.45) is 7.05 Å². The lowest BCUT2D eigenvalue weighted by molar-refractivity contribution is -0.671. The molecule has 0 bridgehead atoms. The minimum Gasteiger partial charge on any atom is -0.305 e. The van der Waals surface area contributed by atoms with Gasteiger partial charge in [0.25, 0.3) is 0 Å². The van der Waals surface area contributed by atoms with Gasteiger partial charge >= 0.3 is 0 Å². The van der Waals surface area contributed by atoms with Crippen LogP contribution in [0.25, 0.3) is 0 Å². The third kappa shape index (κ3) is 1.40. The minimum absolute atomic E-state index is 0.341. The number of aryl methyl sites for hydroxylation is 1. The van der Waals surface area contributed by atoms with E-state index in [1.165, 1.54) is 0 Å². The van der Waals surface area contributed by atoms with Crippen LogP contribution in [-0.4, -0.2) is 0 Å². The van der Waals surface area contributed by atoms with E-state index in [9.17, 15) is 5.26 Å². The fourth-order valence-electron chi connectivity index (χ4n) is 0.543. The van der Waals surface area contributed by atoms with Crippen LogP contribution in [0.4, 0.5) is 0 Å². The van der Waals surface area contributed by atoms with E-state index in [1.807, 2.05) is 11.6 Å². The Morgan fingerprint density at radius 1 is 1.44 bits per heavy atom. The van der Waals surface area contributed by atoms with Crippen LogP contribution in [0.5, 0.6) is 5.75 Å². The molecule has 1 aromatic heterocycles. The Morgan fingerprint density at radius 2 is 2.00 bits per heavy atom. The Bertz CT molecular complexity index is 183. The van der Waals surface area contributed by atoms with E-state index in [1.54, 1.807) is 24.5 Å². The first-order valence-electron chi connectivity index (χ1n) is 2.58. The van der Waals surface area contributed by atoms with Crippen molar-refractivity contribution in [2.75, 3.05) is 0 Å². The molecule has 0 saturated heterocycles. The summed E-state index contributed by atoms with van der Waals surface area (Å²) in [5.41, 5.74) is 0. The predicted octanol–water partition coefficient (Wildman–Crippen LogP) is 0.235. The summed E-state index contributed by atoms with van der Waals surface area (Å²) in [6.07, 6.45) is 3.49. The molecule has 3 nitrogen and oxygen atoms in total. The van der Waals surface area contributed by atoms with Crippen LogP contribution in [0, 0.1) is 0 Å². The minimum atomic E-state index is 0.341. The highest BCUT2D eigenvalue weighted by Gasteiger charge is 1.93. The molecule has 0 amide bonds. The van der Waals surface area contributed by atoms with Gasteiger partial charge in [-0.15, -0.1) is 0 Å². The van der Waals surface area contributed by atoms with Crippen molar-refractivity contribution < 1.29 is 14.7 Å². The van der Waals surface area contributed by atoms with Crippen LogP contribution in [0.3, 0.4) is 0 Å². The third-order valence-electron chi connectivity index (χ3n) is 1.04. The summed E-state index contributed by atoms with van der Waals surface area (Å²) in [6.45, 7) is 0. The first kappa shape index (κ1) is 6.04. The molecule has 0 spiro atoms. The average molecular weight is 125 g/mol. The molecule has 1 aromatic rings. The van der Waals surface area contributed by atoms with Crippen LogP contribution < -0.4 is 9.45 Å². The number of hydrogen-bond acceptors (Lipinski definition) is 1. The molecule has 0 aliphatic carbocycles. The molecule has 1 heterocycles. The van der Waals surface area contributed by atoms with Crippen molar-refractivity contribution in [1.29, 1.82) is 0 Å². The Kier molecular flexibility index (Phi) is 1.65. The number of hydrogen-bond donors (Lipinski definition) is 0. The number of rotatable bonds is 1. The Hall–Kier alpha value is -1.09. The molecule has 0 aliphatic heterocycles. The Morgan fingerprint density at radius 3 is 2.44 bits per heavy atom. The Balaban J connectivity index is 2.88. The van der Waals surface area contributed by atoms with Gasteiger partial charge in [-0.2, -0.15) is 0 Å². The molecule has 47 valence electrons. The summed E-state index contributed by atoms with van der Waals surface area (Å²) >= 11 is 0. The lowest BCUT2D eigenvalue weighted by atomic mass is 10.4. The molecule has 9 heavy (non-hydrogen) atoms. The van der Waals surface area contributed by atoms with Crippen molar-refractivity contribution in [1.82, 2.24) is 0 Å². The molecule has 0 atom stereocenters. The number of pyridine rings is 1. The number of nitrogens with zero attached hydrogens (tertiary/aromatic N) is 1. The molecule has 0 saturated carbocycles. The largest absolute Gasteiger partial charge is 0.305 e. The van der Waals surface area contributed by atoms with Crippen LogP contribution in [0.15, 0.2) is 24.5 Å². The Labute approximate surface area is 53.1 Å². The van der Waals surface area contributed by atoms with Crippen molar-refractivity contribution >= 4 is 0 Å². The van der Waals surface area contributed by atoms with Gasteiger partial charge in [-0.1, -0.05) is 0 Å². The molecule has 1 radical (unpaired) electrons. The van der Waals surface area contributed by atoms with Crippen LogP contribution in [0.2, 0.25) is 0 Å². The van der Waals surface area contributed by atoms with Gasteiger partial charge in [0.05, 0.1) is 0 Å². The van der Waals surface area contributed by atoms with Gasteiger partial charge < -0.3 is 4.89 Å². The summed E-state index contributed by atoms with van der Waals surface area (Å²) in [5.74, 6) is 0.341. The second-order valence-corrected chi connectivity index (χ2v) is 1.78. The molecule has 0 unspecified atom stereocenters. The van der Waals surface area contributed by atoms with Crippen LogP contribution in [0.1, 0.15) is 0 Å². The van der Waals surface area contributed by atoms with E-state index in [2.05, 4.69) is 4.89 Å². The predicted molar refractivity (Wildman–Crippen MR) is 28.9 cm³/mol. The zero-order valence-corrected chi connectivity index (χ0v) is 5.07. The molecule has 0 aromatic carbocycles. The van der Waals surface area contributed by atoms with Crippen LogP contribution in [-0.2, 0) is 12.3 Å². The first-order chi connectivity index (χ1) is 4.33. The van der Waals surface area contributed by atoms with Gasteiger partial charge in [0.1, 0.15) is 7.05 Å². The van der Waals surface area contributed by atoms with Crippen molar-refractivity contribution in [3.63, 3.8) is 0 Å². The molecule has 1 rings (SSSR count). The summed E-state index contributed by atoms with van der Waals surface area (Å²) in [6, 6.07) is 3.21. The zero-order valence-electron chi connectivity index (χ0n) is 5.07. The highest BCUT2D eigenvalue weighted by atomic mass is 17.1. The normalized spacial score (nSPS) is 9.11. The highest BCUT2D eigenvalue weighted by molar-refractivity contribution is 5.13. The van der Waals surface area contributed by atoms with E-state index >= 15 is 0 Å². The van der Waals surface area contributed by atoms with E-state index in [-0.39, 0.29) is 0 Å². The monoisotopic (exact) mass is 125 g/mol. The van der Waals surface area contributed by atoms with Gasteiger partial charge in [0, 0.05) is 17.4 Å². The van der Waals surface area contributed by atoms with Crippen LogP contribution >= 0.6 is 0 Å². The number of aromatic nitrogens is 1. The SMILES string of the molecule is C[n+]1ccc(O[O])cc1. The summed E-state index contributed by atoms with van der Waals surface area (Å²) in [4.78, 5) is 3.71. The molecule has 0 fully saturated rings. The van der Waals surface area contributed by atoms with E-state index in [0.717, 1.165) is 0 Å². The summed E-state index contributed by atoms with van der Waals surface area (Å²) in [5, 5.41) is 9.73. The molecule has 3 heteroatoms. The van der Waals surface area contributed by atoms with E-state index in [0.29, 0.717) is 5.75 Å². The quantitative estimate of drug-likeness (QED) is 0.300. The molecule has 0 N–H and O–H groups in total. The third-order valence-corrected chi connectivity index (χ3v) is 1.04. The first-order valence-corrected chi connectivity index (χ1v) is 2.58. The summed E-state index contributed by atoms with van der Waals surface area (Å²) < 4.78 is 1.82. The maximum atomic E-state index is 9.73. The van der Waals surface area contributed by atoms with Crippen molar-refractivity contribution in [3.8, 4) is 5.75 Å². The summed E-state index contributed by atoms with van der Waals surface area (Å²) in [7, 11) is 1.87. The molecular formula is C6H7NO2+. The van der Waals surface area contributed by atoms with Gasteiger partial charge in [0.15, 0.2) is 18.1 Å². The van der Waals surface area contributed by atoms with E-state index < -0.39 is 0 Å². The second-order valence-electron chi connectivity index (χ2n) is 1.78. The van der Waals surface area contributed by atoms with Gasteiger partial charge in [0.2, 0.25) is 0 Å². The second kappa shape index (κ2) is 2.46. The standard InChI is InChI=1S/C6H7NO2/c1-7-4-2-6(9-8)3-5-7/h2-5H,1H3/q+1. The zero-order chi connectivity index (χ0) is 6.69. The van der Waals surface area contributed by atoms with Gasteiger partial charge in [-0.3, -0.25) is 0 Å². The molecular weight excluding hydrogens is 118 g/mol. The smallest absolute Gasteiger partial charge is 0.180 e. The maximum absolute atomic E-state index is 9.73. The highest BCUT2D eigenvalue weighted by Crippen LogP contribution is 2.02.